The van der Waals surface area contributed by atoms with Crippen molar-refractivity contribution in [2.45, 2.75) is 73.7 Å². The maximum absolute atomic E-state index is 9.92. The van der Waals surface area contributed by atoms with Gasteiger partial charge < -0.3 is 45.2 Å². The standard InChI is InChI=1S/C10H18N2O3S.C9H16N2O4S/c1-3-12(2)10-11-8-7(14)4-6(5-13)15-9(8)16-10;1-2-10-9-11-5-7(14)6(13)4(3-12)15-8(5)16-9/h6-9,13-14H,3-5H2,1-2H3;4-8,12-14H,2-3H2,1H3,(H,10,11)/t6?,7?,8-,9-;4?,5-,6-,7?,8-/m11/s1. The van der Waals surface area contributed by atoms with Crippen molar-refractivity contribution < 1.29 is 35.0 Å². The Labute approximate surface area is 196 Å². The highest BCUT2D eigenvalue weighted by atomic mass is 32.2. The van der Waals surface area contributed by atoms with E-state index in [2.05, 4.69) is 22.2 Å². The average molecular weight is 495 g/mol. The van der Waals surface area contributed by atoms with E-state index in [1.807, 2.05) is 18.9 Å². The zero-order valence-electron chi connectivity index (χ0n) is 18.4. The SMILES string of the molecule is CCN(C)C1=N[C@@H]2C(O)CC(CO)O[C@@H]2S1.CCN=C1N[C@@H]2C(O)[C@H](O)C(CO)O[C@@H]2S1. The number of fused-ring (bicyclic) bond motifs is 2. The van der Waals surface area contributed by atoms with Gasteiger partial charge in [0.2, 0.25) is 0 Å². The molecule has 184 valence electrons. The summed E-state index contributed by atoms with van der Waals surface area (Å²) >= 11 is 2.91. The third-order valence-electron chi connectivity index (χ3n) is 5.69. The van der Waals surface area contributed by atoms with Gasteiger partial charge in [-0.2, -0.15) is 0 Å². The Morgan fingerprint density at radius 1 is 1.09 bits per heavy atom. The minimum Gasteiger partial charge on any atom is -0.394 e. The first-order valence-electron chi connectivity index (χ1n) is 10.8. The molecule has 0 aromatic carbocycles. The number of nitrogens with one attached hydrogen (secondary N) is 1. The normalized spacial score (nSPS) is 41.8. The molecule has 32 heavy (non-hydrogen) atoms. The highest BCUT2D eigenvalue weighted by Crippen LogP contribution is 2.37. The number of rotatable bonds is 4. The van der Waals surface area contributed by atoms with Gasteiger partial charge in [0.05, 0.1) is 31.5 Å². The molecule has 4 rings (SSSR count). The fourth-order valence-corrected chi connectivity index (χ4v) is 6.21. The summed E-state index contributed by atoms with van der Waals surface area (Å²) in [5, 5.41) is 52.2. The lowest BCUT2D eigenvalue weighted by Gasteiger charge is -2.38. The van der Waals surface area contributed by atoms with Gasteiger partial charge in [-0.25, -0.2) is 0 Å². The Kier molecular flexibility index (Phi) is 9.47. The molecular formula is C19H34N4O7S2. The van der Waals surface area contributed by atoms with Crippen LogP contribution in [0.2, 0.25) is 0 Å². The van der Waals surface area contributed by atoms with Crippen LogP contribution in [0.4, 0.5) is 0 Å². The maximum atomic E-state index is 9.92. The van der Waals surface area contributed by atoms with Crippen LogP contribution in [0, 0.1) is 0 Å². The summed E-state index contributed by atoms with van der Waals surface area (Å²) in [6.45, 7) is 5.16. The maximum Gasteiger partial charge on any atom is 0.162 e. The second-order valence-corrected chi connectivity index (χ2v) is 10.1. The molecule has 4 heterocycles. The average Bonchev–Trinajstić information content (AvgIpc) is 3.40. The Balaban J connectivity index is 0.000000181. The molecule has 4 aliphatic heterocycles. The number of thioether (sulfide) groups is 2. The number of amidine groups is 2. The second kappa shape index (κ2) is 11.7. The molecule has 0 bridgehead atoms. The Bertz CT molecular complexity index is 688. The van der Waals surface area contributed by atoms with Crippen LogP contribution in [0.25, 0.3) is 0 Å². The van der Waals surface area contributed by atoms with Crippen LogP contribution >= 0.6 is 23.5 Å². The summed E-state index contributed by atoms with van der Waals surface area (Å²) < 4.78 is 11.1. The van der Waals surface area contributed by atoms with E-state index < -0.39 is 24.4 Å². The number of aliphatic hydroxyl groups excluding tert-OH is 5. The van der Waals surface area contributed by atoms with Crippen LogP contribution in [0.15, 0.2) is 9.98 Å². The smallest absolute Gasteiger partial charge is 0.162 e. The molecule has 0 spiro atoms. The van der Waals surface area contributed by atoms with Crippen molar-refractivity contribution in [3.05, 3.63) is 0 Å². The van der Waals surface area contributed by atoms with Gasteiger partial charge in [0, 0.05) is 26.6 Å². The van der Waals surface area contributed by atoms with Crippen molar-refractivity contribution >= 4 is 33.9 Å². The quantitative estimate of drug-likeness (QED) is 0.267. The molecule has 0 aromatic rings. The van der Waals surface area contributed by atoms with E-state index in [0.29, 0.717) is 18.1 Å². The zero-order valence-corrected chi connectivity index (χ0v) is 20.1. The summed E-state index contributed by atoms with van der Waals surface area (Å²) in [5.74, 6) is 0. The van der Waals surface area contributed by atoms with E-state index in [0.717, 1.165) is 11.7 Å². The molecule has 4 unspecified atom stereocenters. The molecule has 4 aliphatic rings. The minimum absolute atomic E-state index is 0.0419. The van der Waals surface area contributed by atoms with Crippen molar-refractivity contribution in [3.8, 4) is 0 Å². The number of hydrogen-bond acceptors (Lipinski definition) is 12. The largest absolute Gasteiger partial charge is 0.394 e. The van der Waals surface area contributed by atoms with Gasteiger partial charge in [-0.3, -0.25) is 9.98 Å². The van der Waals surface area contributed by atoms with Gasteiger partial charge in [-0.15, -0.1) is 0 Å². The van der Waals surface area contributed by atoms with E-state index in [4.69, 9.17) is 19.7 Å². The van der Waals surface area contributed by atoms with Gasteiger partial charge in [-0.05, 0) is 13.8 Å². The van der Waals surface area contributed by atoms with Crippen LogP contribution in [0.3, 0.4) is 0 Å². The number of aliphatic hydroxyl groups is 5. The monoisotopic (exact) mass is 494 g/mol. The summed E-state index contributed by atoms with van der Waals surface area (Å²) in [5.41, 5.74) is -0.453. The van der Waals surface area contributed by atoms with Crippen molar-refractivity contribution in [1.82, 2.24) is 10.2 Å². The van der Waals surface area contributed by atoms with Crippen molar-refractivity contribution in [2.24, 2.45) is 9.98 Å². The number of aliphatic imine (C=N–C) groups is 2. The van der Waals surface area contributed by atoms with Crippen LogP contribution in [0.5, 0.6) is 0 Å². The molecule has 11 nitrogen and oxygen atoms in total. The van der Waals surface area contributed by atoms with E-state index in [9.17, 15) is 15.3 Å². The van der Waals surface area contributed by atoms with Gasteiger partial charge in [-0.1, -0.05) is 23.5 Å². The molecule has 0 aromatic heterocycles. The van der Waals surface area contributed by atoms with Crippen molar-refractivity contribution in [3.63, 3.8) is 0 Å². The molecular weight excluding hydrogens is 460 g/mol. The molecule has 0 saturated carbocycles. The molecule has 13 heteroatoms. The fourth-order valence-electron chi connectivity index (χ4n) is 3.71. The first kappa shape index (κ1) is 26.0. The second-order valence-electron chi connectivity index (χ2n) is 7.92. The number of nitrogens with zero attached hydrogens (tertiary/aromatic N) is 3. The number of hydrogen-bond donors (Lipinski definition) is 6. The van der Waals surface area contributed by atoms with Gasteiger partial charge >= 0.3 is 0 Å². The number of ether oxygens (including phenoxy) is 2. The summed E-state index contributed by atoms with van der Waals surface area (Å²) in [4.78, 5) is 10.7. The highest BCUT2D eigenvalue weighted by molar-refractivity contribution is 8.14. The molecule has 9 atom stereocenters. The predicted molar refractivity (Wildman–Crippen MR) is 124 cm³/mol. The molecule has 6 N–H and O–H groups in total. The molecule has 0 radical (unpaired) electrons. The topological polar surface area (TPSA) is 160 Å². The summed E-state index contributed by atoms with van der Waals surface area (Å²) in [7, 11) is 1.97. The van der Waals surface area contributed by atoms with Crippen LogP contribution < -0.4 is 5.32 Å². The van der Waals surface area contributed by atoms with E-state index in [-0.39, 0.29) is 42.3 Å². The van der Waals surface area contributed by atoms with Crippen molar-refractivity contribution in [1.29, 1.82) is 0 Å². The van der Waals surface area contributed by atoms with Gasteiger partial charge in [0.25, 0.3) is 0 Å². The Morgan fingerprint density at radius 3 is 2.47 bits per heavy atom. The van der Waals surface area contributed by atoms with Gasteiger partial charge in [0.1, 0.15) is 35.2 Å². The molecule has 0 amide bonds. The first-order valence-corrected chi connectivity index (χ1v) is 12.6. The van der Waals surface area contributed by atoms with Crippen LogP contribution in [-0.4, -0.2) is 128 Å². The zero-order chi connectivity index (χ0) is 23.4. The van der Waals surface area contributed by atoms with Crippen LogP contribution in [-0.2, 0) is 9.47 Å². The van der Waals surface area contributed by atoms with Crippen molar-refractivity contribution in [2.75, 3.05) is 33.4 Å². The van der Waals surface area contributed by atoms with Gasteiger partial charge in [0.15, 0.2) is 10.3 Å². The fraction of sp³-hybridized carbons (Fsp3) is 0.895. The van der Waals surface area contributed by atoms with E-state index in [1.54, 1.807) is 0 Å². The minimum atomic E-state index is -1.07. The molecule has 0 aliphatic carbocycles. The molecule has 3 fully saturated rings. The molecule has 3 saturated heterocycles. The lowest BCUT2D eigenvalue weighted by Crippen LogP contribution is -2.59. The van der Waals surface area contributed by atoms with E-state index in [1.165, 1.54) is 23.5 Å². The Morgan fingerprint density at radius 2 is 1.84 bits per heavy atom. The Hall–Kier alpha value is -0.640. The third-order valence-corrected chi connectivity index (χ3v) is 8.05. The first-order chi connectivity index (χ1) is 15.3. The van der Waals surface area contributed by atoms with Crippen LogP contribution in [0.1, 0.15) is 20.3 Å². The summed E-state index contributed by atoms with van der Waals surface area (Å²) in [6.07, 6.45) is -3.05. The predicted octanol–water partition coefficient (Wildman–Crippen LogP) is -1.62. The van der Waals surface area contributed by atoms with E-state index >= 15 is 0 Å². The third kappa shape index (κ3) is 5.70. The summed E-state index contributed by atoms with van der Waals surface area (Å²) in [6, 6.07) is -0.551. The highest BCUT2D eigenvalue weighted by Gasteiger charge is 2.48. The lowest BCUT2D eigenvalue weighted by molar-refractivity contribution is -0.167. The lowest BCUT2D eigenvalue weighted by atomic mass is 9.98.